The number of carboxylic acids is 1. The Bertz CT molecular complexity index is 530. The molecular weight excluding hydrogens is 335 g/mol. The van der Waals surface area contributed by atoms with Gasteiger partial charge in [0.15, 0.2) is 0 Å². The summed E-state index contributed by atoms with van der Waals surface area (Å²) in [5, 5.41) is 11.1. The fraction of sp³-hybridized carbons (Fsp3) is 0.250. The van der Waals surface area contributed by atoms with Crippen molar-refractivity contribution in [1.82, 2.24) is 5.32 Å². The third kappa shape index (κ3) is 4.96. The number of primary amides is 1. The number of hydrogen-bond acceptors (Lipinski definition) is 3. The highest BCUT2D eigenvalue weighted by atomic mass is 79.9. The van der Waals surface area contributed by atoms with Crippen molar-refractivity contribution in [2.45, 2.75) is 18.9 Å². The second kappa shape index (κ2) is 6.99. The summed E-state index contributed by atoms with van der Waals surface area (Å²) < 4.78 is 13.5. The van der Waals surface area contributed by atoms with Crippen LogP contribution in [0.15, 0.2) is 22.7 Å². The highest BCUT2D eigenvalue weighted by molar-refractivity contribution is 9.10. The molecule has 0 heterocycles. The fourth-order valence-electron chi connectivity index (χ4n) is 1.47. The summed E-state index contributed by atoms with van der Waals surface area (Å²) in [6.07, 6.45) is -0.309. The first-order chi connectivity index (χ1) is 9.29. The predicted octanol–water partition coefficient (Wildman–Crippen LogP) is 1.04. The zero-order valence-corrected chi connectivity index (χ0v) is 11.8. The van der Waals surface area contributed by atoms with Crippen LogP contribution in [0.1, 0.15) is 23.2 Å². The Balaban J connectivity index is 2.79. The number of rotatable bonds is 6. The summed E-state index contributed by atoms with van der Waals surface area (Å²) in [5.74, 6) is -3.34. The molecule has 1 aromatic rings. The topological polar surface area (TPSA) is 109 Å². The van der Waals surface area contributed by atoms with Gasteiger partial charge in [-0.2, -0.15) is 0 Å². The minimum Gasteiger partial charge on any atom is -0.480 e. The minimum atomic E-state index is -1.30. The van der Waals surface area contributed by atoms with E-state index < -0.39 is 29.6 Å². The summed E-state index contributed by atoms with van der Waals surface area (Å²) in [6.45, 7) is 0. The average Bonchev–Trinajstić information content (AvgIpc) is 2.32. The number of nitrogens with two attached hydrogens (primary N) is 1. The van der Waals surface area contributed by atoms with E-state index in [1.807, 2.05) is 0 Å². The second-order valence-corrected chi connectivity index (χ2v) is 4.94. The van der Waals surface area contributed by atoms with Crippen molar-refractivity contribution >= 4 is 33.7 Å². The molecular formula is C12H12BrFN2O4. The van der Waals surface area contributed by atoms with Crippen LogP contribution in [0.3, 0.4) is 0 Å². The Morgan fingerprint density at radius 3 is 2.50 bits per heavy atom. The molecule has 1 atom stereocenters. The summed E-state index contributed by atoms with van der Waals surface area (Å²) in [6, 6.07) is 2.23. The molecule has 0 radical (unpaired) electrons. The number of carboxylic acid groups (broad SMARTS) is 1. The maximum atomic E-state index is 13.2. The first-order valence-electron chi connectivity index (χ1n) is 5.57. The normalized spacial score (nSPS) is 11.7. The van der Waals surface area contributed by atoms with Crippen LogP contribution in [0.2, 0.25) is 0 Å². The zero-order chi connectivity index (χ0) is 15.3. The Hall–Kier alpha value is -1.96. The van der Waals surface area contributed by atoms with E-state index in [1.165, 1.54) is 12.1 Å². The van der Waals surface area contributed by atoms with Crippen molar-refractivity contribution in [2.75, 3.05) is 0 Å². The highest BCUT2D eigenvalue weighted by Crippen LogP contribution is 2.15. The summed E-state index contributed by atoms with van der Waals surface area (Å²) in [5.41, 5.74) is 4.90. The van der Waals surface area contributed by atoms with E-state index in [2.05, 4.69) is 21.2 Å². The van der Waals surface area contributed by atoms with Crippen LogP contribution in [0.25, 0.3) is 0 Å². The quantitative estimate of drug-likeness (QED) is 0.714. The van der Waals surface area contributed by atoms with Gasteiger partial charge in [0.2, 0.25) is 5.91 Å². The van der Waals surface area contributed by atoms with Crippen molar-refractivity contribution in [3.8, 4) is 0 Å². The van der Waals surface area contributed by atoms with Crippen molar-refractivity contribution in [1.29, 1.82) is 0 Å². The molecule has 0 aliphatic rings. The molecule has 6 nitrogen and oxygen atoms in total. The molecule has 0 bridgehead atoms. The number of halogens is 2. The van der Waals surface area contributed by atoms with Gasteiger partial charge in [0.05, 0.1) is 0 Å². The van der Waals surface area contributed by atoms with Crippen LogP contribution in [-0.4, -0.2) is 28.9 Å². The standard InChI is InChI=1S/C12H12BrFN2O4/c13-7-3-6(4-8(14)5-7)11(18)16-9(12(19)20)1-2-10(15)17/h3-5,9H,1-2H2,(H2,15,17)(H,16,18)(H,19,20)/t9-/m0/s1. The first-order valence-corrected chi connectivity index (χ1v) is 6.37. The van der Waals surface area contributed by atoms with Gasteiger partial charge in [0, 0.05) is 16.5 Å². The molecule has 108 valence electrons. The smallest absolute Gasteiger partial charge is 0.326 e. The number of carbonyl (C=O) groups is 3. The number of benzene rings is 1. The molecule has 0 saturated heterocycles. The van der Waals surface area contributed by atoms with Gasteiger partial charge in [-0.1, -0.05) is 15.9 Å². The van der Waals surface area contributed by atoms with Crippen molar-refractivity contribution < 1.29 is 23.9 Å². The van der Waals surface area contributed by atoms with E-state index in [-0.39, 0.29) is 18.4 Å². The molecule has 0 aromatic heterocycles. The molecule has 1 rings (SSSR count). The van der Waals surface area contributed by atoms with E-state index in [0.717, 1.165) is 6.07 Å². The van der Waals surface area contributed by atoms with Crippen LogP contribution in [0.5, 0.6) is 0 Å². The van der Waals surface area contributed by atoms with Crippen LogP contribution < -0.4 is 11.1 Å². The minimum absolute atomic E-state index is 0.0257. The van der Waals surface area contributed by atoms with Gasteiger partial charge in [-0.3, -0.25) is 9.59 Å². The maximum Gasteiger partial charge on any atom is 0.326 e. The molecule has 0 aliphatic carbocycles. The van der Waals surface area contributed by atoms with E-state index in [4.69, 9.17) is 10.8 Å². The Labute approximate surface area is 122 Å². The van der Waals surface area contributed by atoms with Gasteiger partial charge < -0.3 is 16.2 Å². The van der Waals surface area contributed by atoms with Gasteiger partial charge >= 0.3 is 5.97 Å². The van der Waals surface area contributed by atoms with Crippen LogP contribution >= 0.6 is 15.9 Å². The zero-order valence-electron chi connectivity index (χ0n) is 10.2. The molecule has 0 unspecified atom stereocenters. The molecule has 0 fully saturated rings. The molecule has 20 heavy (non-hydrogen) atoms. The van der Waals surface area contributed by atoms with E-state index >= 15 is 0 Å². The lowest BCUT2D eigenvalue weighted by Crippen LogP contribution is -2.41. The van der Waals surface area contributed by atoms with Gasteiger partial charge in [0.1, 0.15) is 11.9 Å². The van der Waals surface area contributed by atoms with Crippen molar-refractivity contribution in [3.05, 3.63) is 34.1 Å². The monoisotopic (exact) mass is 346 g/mol. The Morgan fingerprint density at radius 2 is 2.00 bits per heavy atom. The third-order valence-electron chi connectivity index (χ3n) is 2.41. The lowest BCUT2D eigenvalue weighted by atomic mass is 10.1. The highest BCUT2D eigenvalue weighted by Gasteiger charge is 2.21. The van der Waals surface area contributed by atoms with Crippen LogP contribution in [-0.2, 0) is 9.59 Å². The summed E-state index contributed by atoms with van der Waals surface area (Å²) in [7, 11) is 0. The van der Waals surface area contributed by atoms with Crippen molar-refractivity contribution in [3.63, 3.8) is 0 Å². The summed E-state index contributed by atoms with van der Waals surface area (Å²) in [4.78, 5) is 33.4. The molecule has 4 N–H and O–H groups in total. The molecule has 0 aliphatic heterocycles. The molecule has 0 saturated carbocycles. The number of nitrogens with one attached hydrogen (secondary N) is 1. The molecule has 8 heteroatoms. The first kappa shape index (κ1) is 16.1. The number of hydrogen-bond donors (Lipinski definition) is 3. The number of carbonyl (C=O) groups excluding carboxylic acids is 2. The van der Waals surface area contributed by atoms with Crippen molar-refractivity contribution in [2.24, 2.45) is 5.73 Å². The van der Waals surface area contributed by atoms with Gasteiger partial charge in [-0.05, 0) is 24.6 Å². The van der Waals surface area contributed by atoms with Gasteiger partial charge in [0.25, 0.3) is 5.91 Å². The Kier molecular flexibility index (Phi) is 5.63. The molecule has 0 spiro atoms. The SMILES string of the molecule is NC(=O)CC[C@H](NC(=O)c1cc(F)cc(Br)c1)C(=O)O. The van der Waals surface area contributed by atoms with E-state index in [9.17, 15) is 18.8 Å². The predicted molar refractivity (Wildman–Crippen MR) is 71.4 cm³/mol. The third-order valence-corrected chi connectivity index (χ3v) is 2.87. The molecule has 2 amide bonds. The number of aliphatic carboxylic acids is 1. The van der Waals surface area contributed by atoms with Gasteiger partial charge in [-0.25, -0.2) is 9.18 Å². The largest absolute Gasteiger partial charge is 0.480 e. The van der Waals surface area contributed by atoms with Gasteiger partial charge in [-0.15, -0.1) is 0 Å². The fourth-order valence-corrected chi connectivity index (χ4v) is 1.94. The lowest BCUT2D eigenvalue weighted by Gasteiger charge is -2.13. The summed E-state index contributed by atoms with van der Waals surface area (Å²) >= 11 is 3.03. The lowest BCUT2D eigenvalue weighted by molar-refractivity contribution is -0.139. The number of amides is 2. The average molecular weight is 347 g/mol. The van der Waals surface area contributed by atoms with Crippen LogP contribution in [0, 0.1) is 5.82 Å². The second-order valence-electron chi connectivity index (χ2n) is 4.03. The van der Waals surface area contributed by atoms with Crippen LogP contribution in [0.4, 0.5) is 4.39 Å². The molecule has 1 aromatic carbocycles. The Morgan fingerprint density at radius 1 is 1.35 bits per heavy atom. The maximum absolute atomic E-state index is 13.2. The van der Waals surface area contributed by atoms with E-state index in [0.29, 0.717) is 4.47 Å². The van der Waals surface area contributed by atoms with E-state index in [1.54, 1.807) is 0 Å².